The zero-order valence-electron chi connectivity index (χ0n) is 10.9. The molecule has 0 heterocycles. The highest BCUT2D eigenvalue weighted by Crippen LogP contribution is 2.49. The van der Waals surface area contributed by atoms with Crippen LogP contribution in [-0.2, 0) is 6.42 Å². The average Bonchev–Trinajstić information content (AvgIpc) is 2.42. The molecule has 0 fully saturated rings. The van der Waals surface area contributed by atoms with Gasteiger partial charge in [0.05, 0.1) is 17.0 Å². The van der Waals surface area contributed by atoms with Crippen LogP contribution in [0.2, 0.25) is 0 Å². The maximum absolute atomic E-state index is 13.6. The molecule has 2 aromatic rings. The second-order valence-electron chi connectivity index (χ2n) is 4.92. The van der Waals surface area contributed by atoms with Crippen LogP contribution < -0.4 is 4.74 Å². The number of fused-ring (bicyclic) bond motifs is 1. The van der Waals surface area contributed by atoms with Gasteiger partial charge in [-0.1, -0.05) is 24.3 Å². The van der Waals surface area contributed by atoms with Crippen molar-refractivity contribution in [1.82, 2.24) is 0 Å². The van der Waals surface area contributed by atoms with Gasteiger partial charge in [0.25, 0.3) is 0 Å². The fourth-order valence-electron chi connectivity index (χ4n) is 2.71. The SMILES string of the molecule is COc1cc(F)c(Br)cc1C(Cl)C1Cc2ccccc21. The molecule has 4 heteroatoms. The summed E-state index contributed by atoms with van der Waals surface area (Å²) >= 11 is 9.83. The minimum atomic E-state index is -0.344. The van der Waals surface area contributed by atoms with Crippen LogP contribution >= 0.6 is 27.5 Å². The van der Waals surface area contributed by atoms with Crippen LogP contribution in [0.25, 0.3) is 0 Å². The monoisotopic (exact) mass is 354 g/mol. The molecule has 0 radical (unpaired) electrons. The minimum Gasteiger partial charge on any atom is -0.496 e. The van der Waals surface area contributed by atoms with Crippen LogP contribution in [0.4, 0.5) is 4.39 Å². The summed E-state index contributed by atoms with van der Waals surface area (Å²) in [5.41, 5.74) is 3.43. The molecule has 2 unspecified atom stereocenters. The van der Waals surface area contributed by atoms with Gasteiger partial charge in [0, 0.05) is 17.5 Å². The lowest BCUT2D eigenvalue weighted by Gasteiger charge is -2.34. The van der Waals surface area contributed by atoms with Crippen molar-refractivity contribution in [2.45, 2.75) is 17.7 Å². The number of hydrogen-bond donors (Lipinski definition) is 0. The Balaban J connectivity index is 1.96. The summed E-state index contributed by atoms with van der Waals surface area (Å²) in [6.45, 7) is 0. The van der Waals surface area contributed by atoms with E-state index in [1.807, 2.05) is 12.1 Å². The van der Waals surface area contributed by atoms with Gasteiger partial charge in [0.15, 0.2) is 0 Å². The first-order valence-corrected chi connectivity index (χ1v) is 7.59. The quantitative estimate of drug-likeness (QED) is 0.686. The molecule has 0 bridgehead atoms. The first kappa shape index (κ1) is 13.9. The van der Waals surface area contributed by atoms with Crippen molar-refractivity contribution < 1.29 is 9.13 Å². The van der Waals surface area contributed by atoms with E-state index in [0.29, 0.717) is 10.2 Å². The highest BCUT2D eigenvalue weighted by Gasteiger charge is 2.34. The van der Waals surface area contributed by atoms with E-state index in [1.54, 1.807) is 6.07 Å². The van der Waals surface area contributed by atoms with Crippen molar-refractivity contribution in [2.75, 3.05) is 7.11 Å². The Bertz CT molecular complexity index is 659. The Morgan fingerprint density at radius 2 is 2.10 bits per heavy atom. The van der Waals surface area contributed by atoms with Crippen LogP contribution in [0.15, 0.2) is 40.9 Å². The predicted octanol–water partition coefficient (Wildman–Crippen LogP) is 5.22. The molecular weight excluding hydrogens is 343 g/mol. The van der Waals surface area contributed by atoms with Crippen molar-refractivity contribution in [3.05, 3.63) is 63.4 Å². The lowest BCUT2D eigenvalue weighted by atomic mass is 9.74. The summed E-state index contributed by atoms with van der Waals surface area (Å²) in [6.07, 6.45) is 0.947. The molecule has 0 aromatic heterocycles. The maximum Gasteiger partial charge on any atom is 0.141 e. The Kier molecular flexibility index (Phi) is 3.74. The molecule has 2 aromatic carbocycles. The lowest BCUT2D eigenvalue weighted by Crippen LogP contribution is -2.21. The number of rotatable bonds is 3. The number of ether oxygens (including phenoxy) is 1. The number of hydrogen-bond acceptors (Lipinski definition) is 1. The van der Waals surface area contributed by atoms with Gasteiger partial charge < -0.3 is 4.74 Å². The van der Waals surface area contributed by atoms with E-state index in [-0.39, 0.29) is 17.1 Å². The summed E-state index contributed by atoms with van der Waals surface area (Å²) in [6, 6.07) is 11.4. The average molecular weight is 356 g/mol. The summed E-state index contributed by atoms with van der Waals surface area (Å²) in [5.74, 6) is 0.401. The number of benzene rings is 2. The Morgan fingerprint density at radius 3 is 2.80 bits per heavy atom. The van der Waals surface area contributed by atoms with Crippen LogP contribution in [0.3, 0.4) is 0 Å². The zero-order chi connectivity index (χ0) is 14.3. The minimum absolute atomic E-state index is 0.225. The van der Waals surface area contributed by atoms with E-state index >= 15 is 0 Å². The highest BCUT2D eigenvalue weighted by molar-refractivity contribution is 9.10. The van der Waals surface area contributed by atoms with E-state index < -0.39 is 0 Å². The first-order valence-electron chi connectivity index (χ1n) is 6.36. The summed E-state index contributed by atoms with van der Waals surface area (Å²) in [4.78, 5) is 0. The summed E-state index contributed by atoms with van der Waals surface area (Å²) < 4.78 is 19.2. The molecule has 0 amide bonds. The number of alkyl halides is 1. The largest absolute Gasteiger partial charge is 0.496 e. The predicted molar refractivity (Wildman–Crippen MR) is 82.1 cm³/mol. The Morgan fingerprint density at radius 1 is 1.35 bits per heavy atom. The lowest BCUT2D eigenvalue weighted by molar-refractivity contribution is 0.401. The molecule has 1 aliphatic carbocycles. The molecule has 0 saturated heterocycles. The van der Waals surface area contributed by atoms with Crippen molar-refractivity contribution in [2.24, 2.45) is 0 Å². The van der Waals surface area contributed by atoms with Crippen molar-refractivity contribution in [3.8, 4) is 5.75 Å². The van der Waals surface area contributed by atoms with Crippen LogP contribution in [-0.4, -0.2) is 7.11 Å². The van der Waals surface area contributed by atoms with Gasteiger partial charge in [-0.2, -0.15) is 0 Å². The number of methoxy groups -OCH3 is 1. The van der Waals surface area contributed by atoms with Gasteiger partial charge in [-0.05, 0) is 39.5 Å². The third kappa shape index (κ3) is 2.23. The zero-order valence-corrected chi connectivity index (χ0v) is 13.2. The van der Waals surface area contributed by atoms with Gasteiger partial charge in [-0.3, -0.25) is 0 Å². The van der Waals surface area contributed by atoms with Gasteiger partial charge in [-0.15, -0.1) is 11.6 Å². The first-order chi connectivity index (χ1) is 9.61. The molecule has 1 nitrogen and oxygen atoms in total. The smallest absolute Gasteiger partial charge is 0.141 e. The molecular formula is C16H13BrClFO. The molecule has 0 saturated carbocycles. The molecule has 2 atom stereocenters. The summed E-state index contributed by atoms with van der Waals surface area (Å²) in [5, 5.41) is -0.225. The van der Waals surface area contributed by atoms with E-state index in [4.69, 9.17) is 16.3 Å². The normalized spacial score (nSPS) is 18.1. The fraction of sp³-hybridized carbons (Fsp3) is 0.250. The Hall–Kier alpha value is -1.06. The molecule has 0 aliphatic heterocycles. The molecule has 0 N–H and O–H groups in total. The molecule has 3 rings (SSSR count). The van der Waals surface area contributed by atoms with E-state index in [2.05, 4.69) is 28.1 Å². The third-order valence-electron chi connectivity index (χ3n) is 3.82. The van der Waals surface area contributed by atoms with Crippen molar-refractivity contribution >= 4 is 27.5 Å². The summed E-state index contributed by atoms with van der Waals surface area (Å²) in [7, 11) is 1.53. The van der Waals surface area contributed by atoms with Gasteiger partial charge in [0.1, 0.15) is 11.6 Å². The van der Waals surface area contributed by atoms with E-state index in [1.165, 1.54) is 24.3 Å². The molecule has 20 heavy (non-hydrogen) atoms. The maximum atomic E-state index is 13.6. The second-order valence-corrected chi connectivity index (χ2v) is 6.24. The topological polar surface area (TPSA) is 9.23 Å². The Labute approximate surface area is 130 Å². The van der Waals surface area contributed by atoms with E-state index in [0.717, 1.165) is 12.0 Å². The van der Waals surface area contributed by atoms with Crippen molar-refractivity contribution in [3.63, 3.8) is 0 Å². The fourth-order valence-corrected chi connectivity index (χ4v) is 3.47. The van der Waals surface area contributed by atoms with Gasteiger partial charge in [0.2, 0.25) is 0 Å². The van der Waals surface area contributed by atoms with Crippen LogP contribution in [0.5, 0.6) is 5.75 Å². The standard InChI is InChI=1S/C16H13BrClFO/c1-20-15-8-14(19)13(17)7-12(15)16(18)11-6-9-4-2-3-5-10(9)11/h2-5,7-8,11,16H,6H2,1H3. The second kappa shape index (κ2) is 5.38. The highest BCUT2D eigenvalue weighted by atomic mass is 79.9. The molecule has 104 valence electrons. The van der Waals surface area contributed by atoms with Crippen molar-refractivity contribution in [1.29, 1.82) is 0 Å². The van der Waals surface area contributed by atoms with Crippen LogP contribution in [0.1, 0.15) is 28.0 Å². The van der Waals surface area contributed by atoms with Gasteiger partial charge >= 0.3 is 0 Å². The van der Waals surface area contributed by atoms with Gasteiger partial charge in [-0.25, -0.2) is 4.39 Å². The number of halogens is 3. The van der Waals surface area contributed by atoms with E-state index in [9.17, 15) is 4.39 Å². The molecule has 0 spiro atoms. The molecule has 1 aliphatic rings. The van der Waals surface area contributed by atoms with Crippen LogP contribution in [0, 0.1) is 5.82 Å². The third-order valence-corrected chi connectivity index (χ3v) is 4.96.